The highest BCUT2D eigenvalue weighted by atomic mass is 19.1. The first-order chi connectivity index (χ1) is 10.5. The molecule has 5 nitrogen and oxygen atoms in total. The lowest BCUT2D eigenvalue weighted by molar-refractivity contribution is -0.122. The van der Waals surface area contributed by atoms with Crippen LogP contribution >= 0.6 is 0 Å². The number of nitrogens with one attached hydrogen (secondary N) is 1. The number of terminal acetylenes is 1. The molecule has 0 aliphatic carbocycles. The van der Waals surface area contributed by atoms with Gasteiger partial charge in [0.15, 0.2) is 5.66 Å². The molecule has 1 amide bonds. The summed E-state index contributed by atoms with van der Waals surface area (Å²) in [4.78, 5) is 11.9. The lowest BCUT2D eigenvalue weighted by Gasteiger charge is -2.14. The van der Waals surface area contributed by atoms with Crippen molar-refractivity contribution < 1.29 is 13.6 Å². The van der Waals surface area contributed by atoms with Crippen molar-refractivity contribution in [3.05, 3.63) is 35.4 Å². The highest BCUT2D eigenvalue weighted by Crippen LogP contribution is 2.36. The van der Waals surface area contributed by atoms with Crippen molar-refractivity contribution in [2.75, 3.05) is 6.54 Å². The first kappa shape index (κ1) is 16.0. The smallest absolute Gasteiger partial charge is 0.241 e. The Hall–Kier alpha value is -2.33. The zero-order valence-electron chi connectivity index (χ0n) is 11.9. The second kappa shape index (κ2) is 6.62. The van der Waals surface area contributed by atoms with Gasteiger partial charge in [-0.15, -0.1) is 12.3 Å². The van der Waals surface area contributed by atoms with Crippen LogP contribution in [0.5, 0.6) is 0 Å². The largest absolute Gasteiger partial charge is 0.354 e. The Morgan fingerprint density at radius 3 is 2.73 bits per heavy atom. The van der Waals surface area contributed by atoms with Gasteiger partial charge in [0.1, 0.15) is 17.7 Å². The van der Waals surface area contributed by atoms with E-state index in [9.17, 15) is 13.6 Å². The van der Waals surface area contributed by atoms with Crippen LogP contribution in [0.3, 0.4) is 0 Å². The lowest BCUT2D eigenvalue weighted by atomic mass is 10.0. The van der Waals surface area contributed by atoms with E-state index in [2.05, 4.69) is 21.5 Å². The summed E-state index contributed by atoms with van der Waals surface area (Å²) in [6.07, 6.45) is 6.89. The Kier molecular flexibility index (Phi) is 4.83. The third-order valence-electron chi connectivity index (χ3n) is 3.46. The fourth-order valence-corrected chi connectivity index (χ4v) is 2.06. The van der Waals surface area contributed by atoms with Gasteiger partial charge >= 0.3 is 0 Å². The van der Waals surface area contributed by atoms with Gasteiger partial charge < -0.3 is 11.1 Å². The van der Waals surface area contributed by atoms with E-state index in [0.29, 0.717) is 31.9 Å². The maximum atomic E-state index is 13.6. The number of hydrogen-bond donors (Lipinski definition) is 2. The maximum absolute atomic E-state index is 13.6. The Labute approximate surface area is 127 Å². The van der Waals surface area contributed by atoms with E-state index in [0.717, 1.165) is 12.1 Å². The van der Waals surface area contributed by atoms with E-state index in [-0.39, 0.29) is 5.56 Å². The number of carbonyl (C=O) groups excluding carboxylic acids is 1. The molecule has 3 N–H and O–H groups in total. The number of carbonyl (C=O) groups is 1. The normalized spacial score (nSPS) is 15.9. The molecule has 0 bridgehead atoms. The van der Waals surface area contributed by atoms with Crippen LogP contribution < -0.4 is 11.1 Å². The summed E-state index contributed by atoms with van der Waals surface area (Å²) in [6.45, 7) is 0.299. The van der Waals surface area contributed by atoms with Crippen molar-refractivity contribution in [3.8, 4) is 12.3 Å². The van der Waals surface area contributed by atoms with Crippen LogP contribution in [0.4, 0.5) is 8.78 Å². The van der Waals surface area contributed by atoms with E-state index in [1.807, 2.05) is 0 Å². The molecule has 0 fully saturated rings. The van der Waals surface area contributed by atoms with Gasteiger partial charge in [0.05, 0.1) is 0 Å². The number of amides is 1. The average Bonchev–Trinajstić information content (AvgIpc) is 3.25. The molecule has 116 valence electrons. The summed E-state index contributed by atoms with van der Waals surface area (Å²) in [5, 5.41) is 10.5. The lowest BCUT2D eigenvalue weighted by Crippen LogP contribution is -2.36. The third-order valence-corrected chi connectivity index (χ3v) is 3.46. The molecule has 0 aromatic heterocycles. The maximum Gasteiger partial charge on any atom is 0.241 e. The predicted molar refractivity (Wildman–Crippen MR) is 76.6 cm³/mol. The van der Waals surface area contributed by atoms with E-state index >= 15 is 0 Å². The summed E-state index contributed by atoms with van der Waals surface area (Å²) in [6, 6.07) is 1.71. The minimum atomic E-state index is -1.20. The number of nitrogens with two attached hydrogens (primary N) is 1. The zero-order valence-corrected chi connectivity index (χ0v) is 11.9. The standard InChI is InChI=1S/C15H16F2N4O/c1-2-3-6-15(20-21-15)7-8-19-14(22)13(18)11-5-4-10(16)9-12(11)17/h1,4-5,9,13H,3,6-8,18H2,(H,19,22). The van der Waals surface area contributed by atoms with Crippen LogP contribution in [-0.2, 0) is 4.79 Å². The van der Waals surface area contributed by atoms with Crippen LogP contribution in [0.15, 0.2) is 28.4 Å². The van der Waals surface area contributed by atoms with Gasteiger partial charge in [0.2, 0.25) is 5.91 Å². The second-order valence-corrected chi connectivity index (χ2v) is 5.07. The molecule has 1 aromatic carbocycles. The Morgan fingerprint density at radius 1 is 1.41 bits per heavy atom. The molecule has 1 aliphatic rings. The number of benzene rings is 1. The molecule has 7 heteroatoms. The van der Waals surface area contributed by atoms with Gasteiger partial charge in [-0.25, -0.2) is 8.78 Å². The Balaban J connectivity index is 1.83. The minimum Gasteiger partial charge on any atom is -0.354 e. The quantitative estimate of drug-likeness (QED) is 0.756. The zero-order chi connectivity index (χ0) is 16.2. The second-order valence-electron chi connectivity index (χ2n) is 5.07. The molecule has 1 atom stereocenters. The third kappa shape index (κ3) is 3.86. The SMILES string of the molecule is C#CCCC1(CCNC(=O)C(N)c2ccc(F)cc2F)N=N1. The van der Waals surface area contributed by atoms with Gasteiger partial charge in [0, 0.05) is 37.4 Å². The fourth-order valence-electron chi connectivity index (χ4n) is 2.06. The van der Waals surface area contributed by atoms with Crippen molar-refractivity contribution in [1.29, 1.82) is 0 Å². The van der Waals surface area contributed by atoms with Crippen LogP contribution in [0, 0.1) is 24.0 Å². The number of nitrogens with zero attached hydrogens (tertiary/aromatic N) is 2. The molecule has 0 saturated carbocycles. The molecule has 1 unspecified atom stereocenters. The number of hydrogen-bond acceptors (Lipinski definition) is 4. The molecule has 22 heavy (non-hydrogen) atoms. The van der Waals surface area contributed by atoms with Crippen molar-refractivity contribution in [3.63, 3.8) is 0 Å². The molecular weight excluding hydrogens is 290 g/mol. The van der Waals surface area contributed by atoms with Crippen LogP contribution in [0.2, 0.25) is 0 Å². The molecule has 1 heterocycles. The Bertz CT molecular complexity index is 633. The van der Waals surface area contributed by atoms with Gasteiger partial charge in [-0.1, -0.05) is 6.07 Å². The van der Waals surface area contributed by atoms with Crippen LogP contribution in [0.1, 0.15) is 30.9 Å². The molecule has 0 spiro atoms. The molecular formula is C15H16F2N4O. The van der Waals surface area contributed by atoms with Gasteiger partial charge in [-0.2, -0.15) is 10.2 Å². The molecule has 2 rings (SSSR count). The predicted octanol–water partition coefficient (Wildman–Crippen LogP) is 2.05. The summed E-state index contributed by atoms with van der Waals surface area (Å²) in [5.41, 5.74) is 5.14. The van der Waals surface area contributed by atoms with E-state index in [1.54, 1.807) is 0 Å². The van der Waals surface area contributed by atoms with Crippen molar-refractivity contribution in [1.82, 2.24) is 5.32 Å². The van der Waals surface area contributed by atoms with Crippen molar-refractivity contribution in [2.45, 2.75) is 31.0 Å². The number of rotatable bonds is 7. The summed E-state index contributed by atoms with van der Waals surface area (Å²) >= 11 is 0. The van der Waals surface area contributed by atoms with E-state index in [4.69, 9.17) is 12.2 Å². The average molecular weight is 306 g/mol. The first-order valence-electron chi connectivity index (χ1n) is 6.83. The highest BCUT2D eigenvalue weighted by molar-refractivity contribution is 5.82. The van der Waals surface area contributed by atoms with Crippen LogP contribution in [0.25, 0.3) is 0 Å². The van der Waals surface area contributed by atoms with Gasteiger partial charge in [-0.3, -0.25) is 4.79 Å². The molecule has 1 aromatic rings. The minimum absolute atomic E-state index is 0.0539. The van der Waals surface area contributed by atoms with Crippen molar-refractivity contribution >= 4 is 5.91 Å². The van der Waals surface area contributed by atoms with Crippen LogP contribution in [-0.4, -0.2) is 18.1 Å². The molecule has 1 aliphatic heterocycles. The van der Waals surface area contributed by atoms with E-state index in [1.165, 1.54) is 0 Å². The Morgan fingerprint density at radius 2 is 2.14 bits per heavy atom. The van der Waals surface area contributed by atoms with Gasteiger partial charge in [0.25, 0.3) is 0 Å². The summed E-state index contributed by atoms with van der Waals surface area (Å²) in [7, 11) is 0. The first-order valence-corrected chi connectivity index (χ1v) is 6.83. The molecule has 0 saturated heterocycles. The van der Waals surface area contributed by atoms with E-state index < -0.39 is 29.2 Å². The van der Waals surface area contributed by atoms with Gasteiger partial charge in [-0.05, 0) is 6.07 Å². The fraction of sp³-hybridized carbons (Fsp3) is 0.400. The molecule has 0 radical (unpaired) electrons. The summed E-state index contributed by atoms with van der Waals surface area (Å²) in [5.74, 6) is 0.403. The topological polar surface area (TPSA) is 79.8 Å². The summed E-state index contributed by atoms with van der Waals surface area (Å²) < 4.78 is 26.4. The van der Waals surface area contributed by atoms with Crippen molar-refractivity contribution in [2.24, 2.45) is 16.0 Å². The highest BCUT2D eigenvalue weighted by Gasteiger charge is 2.38. The monoisotopic (exact) mass is 306 g/mol. The number of halogens is 2.